The van der Waals surface area contributed by atoms with Gasteiger partial charge in [0, 0.05) is 17.1 Å². The molecule has 0 saturated heterocycles. The molecule has 3 heteroatoms. The summed E-state index contributed by atoms with van der Waals surface area (Å²) < 4.78 is 1.05. The molecule has 0 aliphatic carbocycles. The lowest BCUT2D eigenvalue weighted by molar-refractivity contribution is 0.731. The van der Waals surface area contributed by atoms with Gasteiger partial charge < -0.3 is 11.5 Å². The molecule has 1 rings (SSSR count). The van der Waals surface area contributed by atoms with Crippen molar-refractivity contribution in [3.05, 3.63) is 33.8 Å². The maximum atomic E-state index is 5.82. The lowest BCUT2D eigenvalue weighted by Gasteiger charge is -2.12. The summed E-state index contributed by atoms with van der Waals surface area (Å²) >= 11 is 3.40. The van der Waals surface area contributed by atoms with Gasteiger partial charge in [-0.15, -0.1) is 0 Å². The quantitative estimate of drug-likeness (QED) is 0.811. The average molecular weight is 229 g/mol. The minimum absolute atomic E-state index is 0.0532. The Kier molecular flexibility index (Phi) is 3.26. The van der Waals surface area contributed by atoms with E-state index in [0.29, 0.717) is 6.54 Å². The van der Waals surface area contributed by atoms with Crippen LogP contribution in [0.5, 0.6) is 0 Å². The van der Waals surface area contributed by atoms with Gasteiger partial charge >= 0.3 is 0 Å². The minimum atomic E-state index is -0.0532. The van der Waals surface area contributed by atoms with Crippen LogP contribution in [0.2, 0.25) is 0 Å². The van der Waals surface area contributed by atoms with Crippen LogP contribution in [-0.2, 0) is 0 Å². The Morgan fingerprint density at radius 1 is 1.50 bits per heavy atom. The monoisotopic (exact) mass is 228 g/mol. The van der Waals surface area contributed by atoms with Gasteiger partial charge in [-0.1, -0.05) is 22.0 Å². The van der Waals surface area contributed by atoms with E-state index in [-0.39, 0.29) is 6.04 Å². The molecule has 0 aromatic heterocycles. The van der Waals surface area contributed by atoms with Gasteiger partial charge in [0.2, 0.25) is 0 Å². The zero-order valence-corrected chi connectivity index (χ0v) is 8.64. The highest BCUT2D eigenvalue weighted by atomic mass is 79.9. The Bertz CT molecular complexity index is 273. The second-order valence-electron chi connectivity index (χ2n) is 2.84. The van der Waals surface area contributed by atoms with E-state index >= 15 is 0 Å². The van der Waals surface area contributed by atoms with Crippen LogP contribution in [0.25, 0.3) is 0 Å². The van der Waals surface area contributed by atoms with Crippen molar-refractivity contribution in [2.24, 2.45) is 11.5 Å². The van der Waals surface area contributed by atoms with E-state index in [0.717, 1.165) is 10.0 Å². The van der Waals surface area contributed by atoms with E-state index in [4.69, 9.17) is 11.5 Å². The molecule has 0 saturated carbocycles. The van der Waals surface area contributed by atoms with Crippen LogP contribution in [0.15, 0.2) is 22.7 Å². The molecule has 12 heavy (non-hydrogen) atoms. The van der Waals surface area contributed by atoms with Crippen LogP contribution in [0.4, 0.5) is 0 Å². The largest absolute Gasteiger partial charge is 0.329 e. The number of aryl methyl sites for hydroxylation is 1. The SMILES string of the molecule is Cc1ccc(Br)cc1[C@H](N)CN. The van der Waals surface area contributed by atoms with Gasteiger partial charge in [-0.2, -0.15) is 0 Å². The Balaban J connectivity index is 3.04. The fourth-order valence-corrected chi connectivity index (χ4v) is 1.52. The summed E-state index contributed by atoms with van der Waals surface area (Å²) in [6.07, 6.45) is 0. The predicted octanol–water partition coefficient (Wildman–Crippen LogP) is 1.72. The van der Waals surface area contributed by atoms with Gasteiger partial charge in [0.25, 0.3) is 0 Å². The molecule has 0 amide bonds. The fraction of sp³-hybridized carbons (Fsp3) is 0.333. The van der Waals surface area contributed by atoms with Crippen LogP contribution in [-0.4, -0.2) is 6.54 Å². The van der Waals surface area contributed by atoms with Gasteiger partial charge in [-0.25, -0.2) is 0 Å². The summed E-state index contributed by atoms with van der Waals surface area (Å²) in [5.41, 5.74) is 13.6. The van der Waals surface area contributed by atoms with Crippen molar-refractivity contribution in [3.8, 4) is 0 Å². The van der Waals surface area contributed by atoms with Gasteiger partial charge in [0.15, 0.2) is 0 Å². The average Bonchev–Trinajstić information content (AvgIpc) is 2.08. The molecule has 4 N–H and O–H groups in total. The Morgan fingerprint density at radius 3 is 2.75 bits per heavy atom. The molecule has 0 aliphatic rings. The number of halogens is 1. The van der Waals surface area contributed by atoms with Gasteiger partial charge in [0.1, 0.15) is 0 Å². The highest BCUT2D eigenvalue weighted by Gasteiger charge is 2.06. The van der Waals surface area contributed by atoms with Crippen LogP contribution in [0, 0.1) is 6.92 Å². The summed E-state index contributed by atoms with van der Waals surface area (Å²) in [6.45, 7) is 2.52. The molecule has 2 nitrogen and oxygen atoms in total. The molecule has 0 spiro atoms. The first-order valence-corrected chi connectivity index (χ1v) is 4.66. The van der Waals surface area contributed by atoms with E-state index in [1.165, 1.54) is 5.56 Å². The third-order valence-corrected chi connectivity index (χ3v) is 2.39. The Morgan fingerprint density at radius 2 is 2.17 bits per heavy atom. The molecule has 1 aromatic rings. The lowest BCUT2D eigenvalue weighted by atomic mass is 10.0. The number of hydrogen-bond donors (Lipinski definition) is 2. The standard InChI is InChI=1S/C9H13BrN2/c1-6-2-3-7(10)4-8(6)9(12)5-11/h2-4,9H,5,11-12H2,1H3/t9-/m1/s1. The van der Waals surface area contributed by atoms with Crippen LogP contribution < -0.4 is 11.5 Å². The molecular weight excluding hydrogens is 216 g/mol. The van der Waals surface area contributed by atoms with E-state index in [1.54, 1.807) is 0 Å². The summed E-state index contributed by atoms with van der Waals surface area (Å²) in [4.78, 5) is 0. The zero-order chi connectivity index (χ0) is 9.14. The van der Waals surface area contributed by atoms with Gasteiger partial charge in [-0.05, 0) is 30.2 Å². The molecule has 66 valence electrons. The van der Waals surface area contributed by atoms with Crippen LogP contribution in [0.1, 0.15) is 17.2 Å². The molecule has 1 atom stereocenters. The van der Waals surface area contributed by atoms with Crippen LogP contribution >= 0.6 is 15.9 Å². The first kappa shape index (κ1) is 9.71. The molecule has 0 heterocycles. The molecule has 1 aromatic carbocycles. The fourth-order valence-electron chi connectivity index (χ4n) is 1.14. The zero-order valence-electron chi connectivity index (χ0n) is 7.05. The predicted molar refractivity (Wildman–Crippen MR) is 54.9 cm³/mol. The summed E-state index contributed by atoms with van der Waals surface area (Å²) in [7, 11) is 0. The Hall–Kier alpha value is -0.380. The maximum Gasteiger partial charge on any atom is 0.0422 e. The van der Waals surface area contributed by atoms with Crippen LogP contribution in [0.3, 0.4) is 0 Å². The molecule has 0 bridgehead atoms. The smallest absolute Gasteiger partial charge is 0.0422 e. The Labute approximate surface area is 81.1 Å². The van der Waals surface area contributed by atoms with Crippen molar-refractivity contribution >= 4 is 15.9 Å². The van der Waals surface area contributed by atoms with E-state index in [1.807, 2.05) is 25.1 Å². The van der Waals surface area contributed by atoms with E-state index in [9.17, 15) is 0 Å². The summed E-state index contributed by atoms with van der Waals surface area (Å²) in [6, 6.07) is 6.01. The number of benzene rings is 1. The highest BCUT2D eigenvalue weighted by Crippen LogP contribution is 2.20. The first-order valence-electron chi connectivity index (χ1n) is 3.87. The summed E-state index contributed by atoms with van der Waals surface area (Å²) in [5.74, 6) is 0. The minimum Gasteiger partial charge on any atom is -0.329 e. The number of hydrogen-bond acceptors (Lipinski definition) is 2. The normalized spacial score (nSPS) is 13.0. The van der Waals surface area contributed by atoms with E-state index in [2.05, 4.69) is 15.9 Å². The third-order valence-electron chi connectivity index (χ3n) is 1.89. The molecule has 0 unspecified atom stereocenters. The molecule has 0 radical (unpaired) electrons. The van der Waals surface area contributed by atoms with Crippen molar-refractivity contribution < 1.29 is 0 Å². The van der Waals surface area contributed by atoms with Crippen molar-refractivity contribution in [1.82, 2.24) is 0 Å². The second kappa shape index (κ2) is 4.03. The topological polar surface area (TPSA) is 52.0 Å². The van der Waals surface area contributed by atoms with Crippen molar-refractivity contribution in [2.75, 3.05) is 6.54 Å². The van der Waals surface area contributed by atoms with Gasteiger partial charge in [0.05, 0.1) is 0 Å². The molecular formula is C9H13BrN2. The van der Waals surface area contributed by atoms with Crippen molar-refractivity contribution in [3.63, 3.8) is 0 Å². The maximum absolute atomic E-state index is 5.82. The first-order chi connectivity index (χ1) is 5.65. The third kappa shape index (κ3) is 2.06. The van der Waals surface area contributed by atoms with Crippen molar-refractivity contribution in [2.45, 2.75) is 13.0 Å². The molecule has 0 fully saturated rings. The number of rotatable bonds is 2. The second-order valence-corrected chi connectivity index (χ2v) is 3.76. The number of nitrogens with two attached hydrogens (primary N) is 2. The van der Waals surface area contributed by atoms with Gasteiger partial charge in [-0.3, -0.25) is 0 Å². The lowest BCUT2D eigenvalue weighted by Crippen LogP contribution is -2.21. The van der Waals surface area contributed by atoms with E-state index < -0.39 is 0 Å². The van der Waals surface area contributed by atoms with Crippen molar-refractivity contribution in [1.29, 1.82) is 0 Å². The highest BCUT2D eigenvalue weighted by molar-refractivity contribution is 9.10. The summed E-state index contributed by atoms with van der Waals surface area (Å²) in [5, 5.41) is 0. The molecule has 0 aliphatic heterocycles.